The van der Waals surface area contributed by atoms with E-state index >= 15 is 0 Å². The molecule has 2 amide bonds. The molecule has 3 aromatic rings. The van der Waals surface area contributed by atoms with Gasteiger partial charge in [0.05, 0.1) is 6.26 Å². The summed E-state index contributed by atoms with van der Waals surface area (Å²) in [6, 6.07) is 18.8. The summed E-state index contributed by atoms with van der Waals surface area (Å²) in [5.74, 6) is 0.851. The number of carbonyl (C=O) groups is 2. The molecule has 0 spiro atoms. The molecule has 30 heavy (non-hydrogen) atoms. The Morgan fingerprint density at radius 3 is 2.30 bits per heavy atom. The van der Waals surface area contributed by atoms with Crippen LogP contribution in [0.15, 0.2) is 76.2 Å². The van der Waals surface area contributed by atoms with Crippen molar-refractivity contribution in [2.45, 2.75) is 10.6 Å². The lowest BCUT2D eigenvalue weighted by Gasteiger charge is -2.34. The molecule has 1 fully saturated rings. The molecule has 0 unspecified atom stereocenters. The van der Waals surface area contributed by atoms with Crippen molar-refractivity contribution in [3.05, 3.63) is 88.8 Å². The molecule has 154 valence electrons. The fourth-order valence-corrected chi connectivity index (χ4v) is 4.46. The molecule has 2 heterocycles. The molecule has 0 aliphatic carbocycles. The van der Waals surface area contributed by atoms with Crippen LogP contribution in [0, 0.1) is 0 Å². The van der Waals surface area contributed by atoms with E-state index in [2.05, 4.69) is 0 Å². The van der Waals surface area contributed by atoms with Crippen LogP contribution in [0.25, 0.3) is 0 Å². The fourth-order valence-electron chi connectivity index (χ4n) is 3.38. The summed E-state index contributed by atoms with van der Waals surface area (Å²) in [7, 11) is 0. The van der Waals surface area contributed by atoms with E-state index in [-0.39, 0.29) is 11.8 Å². The third-order valence-electron chi connectivity index (χ3n) is 5.00. The molecule has 5 nitrogen and oxygen atoms in total. The normalized spacial score (nSPS) is 14.0. The van der Waals surface area contributed by atoms with Gasteiger partial charge in [0.25, 0.3) is 11.8 Å². The monoisotopic (exact) mass is 440 g/mol. The van der Waals surface area contributed by atoms with Crippen molar-refractivity contribution < 1.29 is 14.0 Å². The summed E-state index contributed by atoms with van der Waals surface area (Å²) in [5.41, 5.74) is 1.44. The van der Waals surface area contributed by atoms with Crippen LogP contribution in [-0.4, -0.2) is 47.8 Å². The van der Waals surface area contributed by atoms with Crippen molar-refractivity contribution in [2.24, 2.45) is 0 Å². The zero-order chi connectivity index (χ0) is 20.9. The van der Waals surface area contributed by atoms with Gasteiger partial charge in [0.15, 0.2) is 5.76 Å². The Balaban J connectivity index is 1.36. The molecule has 0 bridgehead atoms. The maximum atomic E-state index is 13.0. The zero-order valence-corrected chi connectivity index (χ0v) is 17.9. The summed E-state index contributed by atoms with van der Waals surface area (Å²) < 4.78 is 5.53. The number of amides is 2. The van der Waals surface area contributed by atoms with Gasteiger partial charge >= 0.3 is 0 Å². The third kappa shape index (κ3) is 4.71. The smallest absolute Gasteiger partial charge is 0.289 e. The molecule has 1 aromatic heterocycles. The first-order valence-corrected chi connectivity index (χ1v) is 11.1. The van der Waals surface area contributed by atoms with E-state index < -0.39 is 0 Å². The number of benzene rings is 2. The number of hydrogen-bond donors (Lipinski definition) is 0. The largest absolute Gasteiger partial charge is 0.459 e. The topological polar surface area (TPSA) is 53.8 Å². The summed E-state index contributed by atoms with van der Waals surface area (Å²) in [4.78, 5) is 30.3. The molecule has 0 saturated carbocycles. The highest BCUT2D eigenvalue weighted by Gasteiger charge is 2.28. The number of rotatable bonds is 5. The minimum atomic E-state index is -0.126. The Labute approximate surface area is 184 Å². The van der Waals surface area contributed by atoms with E-state index in [0.29, 0.717) is 48.3 Å². The molecule has 7 heteroatoms. The third-order valence-corrected chi connectivity index (χ3v) is 6.30. The van der Waals surface area contributed by atoms with Gasteiger partial charge in [0.2, 0.25) is 0 Å². The van der Waals surface area contributed by atoms with Crippen molar-refractivity contribution in [1.29, 1.82) is 0 Å². The van der Waals surface area contributed by atoms with Gasteiger partial charge in [-0.2, -0.15) is 0 Å². The van der Waals surface area contributed by atoms with Crippen molar-refractivity contribution in [1.82, 2.24) is 9.80 Å². The number of thioether (sulfide) groups is 1. The van der Waals surface area contributed by atoms with Crippen LogP contribution < -0.4 is 0 Å². The van der Waals surface area contributed by atoms with Crippen LogP contribution in [0.1, 0.15) is 26.5 Å². The number of halogens is 1. The SMILES string of the molecule is O=C(c1cccc(Cl)c1)N1CCN(C(=O)c2occc2CSc2ccccc2)CC1. The van der Waals surface area contributed by atoms with E-state index in [4.69, 9.17) is 16.0 Å². The first-order valence-electron chi connectivity index (χ1n) is 9.70. The Kier molecular flexibility index (Phi) is 6.45. The first-order chi connectivity index (χ1) is 14.6. The highest BCUT2D eigenvalue weighted by molar-refractivity contribution is 7.98. The summed E-state index contributed by atoms with van der Waals surface area (Å²) in [6.45, 7) is 1.89. The highest BCUT2D eigenvalue weighted by atomic mass is 35.5. The molecule has 1 saturated heterocycles. The maximum absolute atomic E-state index is 13.0. The van der Waals surface area contributed by atoms with Crippen LogP contribution >= 0.6 is 23.4 Å². The number of nitrogens with zero attached hydrogens (tertiary/aromatic N) is 2. The quantitative estimate of drug-likeness (QED) is 0.533. The van der Waals surface area contributed by atoms with Gasteiger partial charge in [-0.25, -0.2) is 0 Å². The number of furan rings is 1. The predicted octanol–water partition coefficient (Wildman–Crippen LogP) is 4.82. The van der Waals surface area contributed by atoms with Crippen LogP contribution in [0.5, 0.6) is 0 Å². The van der Waals surface area contributed by atoms with E-state index in [1.165, 1.54) is 0 Å². The van der Waals surface area contributed by atoms with Gasteiger partial charge < -0.3 is 14.2 Å². The van der Waals surface area contributed by atoms with Crippen molar-refractivity contribution >= 4 is 35.2 Å². The van der Waals surface area contributed by atoms with Crippen molar-refractivity contribution in [2.75, 3.05) is 26.2 Å². The summed E-state index contributed by atoms with van der Waals surface area (Å²) in [5, 5.41) is 0.536. The number of carbonyl (C=O) groups excluding carboxylic acids is 2. The van der Waals surface area contributed by atoms with Crippen LogP contribution in [0.2, 0.25) is 5.02 Å². The average Bonchev–Trinajstić information content (AvgIpc) is 3.26. The van der Waals surface area contributed by atoms with E-state index in [9.17, 15) is 9.59 Å². The average molecular weight is 441 g/mol. The van der Waals surface area contributed by atoms with E-state index in [1.807, 2.05) is 36.4 Å². The van der Waals surface area contributed by atoms with E-state index in [1.54, 1.807) is 52.1 Å². The van der Waals surface area contributed by atoms with Gasteiger partial charge in [0, 0.05) is 53.0 Å². The highest BCUT2D eigenvalue weighted by Crippen LogP contribution is 2.26. The molecule has 0 atom stereocenters. The first kappa shape index (κ1) is 20.6. The predicted molar refractivity (Wildman–Crippen MR) is 118 cm³/mol. The van der Waals surface area contributed by atoms with Crippen LogP contribution in [-0.2, 0) is 5.75 Å². The Hall–Kier alpha value is -2.70. The van der Waals surface area contributed by atoms with E-state index in [0.717, 1.165) is 10.5 Å². The van der Waals surface area contributed by atoms with Crippen molar-refractivity contribution in [3.8, 4) is 0 Å². The molecule has 1 aliphatic rings. The minimum Gasteiger partial charge on any atom is -0.459 e. The van der Waals surface area contributed by atoms with Crippen molar-refractivity contribution in [3.63, 3.8) is 0 Å². The van der Waals surface area contributed by atoms with Gasteiger partial charge in [0.1, 0.15) is 0 Å². The second-order valence-corrected chi connectivity index (χ2v) is 8.46. The minimum absolute atomic E-state index is 0.0671. The zero-order valence-electron chi connectivity index (χ0n) is 16.3. The lowest BCUT2D eigenvalue weighted by Crippen LogP contribution is -2.50. The molecule has 4 rings (SSSR count). The lowest BCUT2D eigenvalue weighted by molar-refractivity contribution is 0.0517. The van der Waals surface area contributed by atoms with Gasteiger partial charge in [-0.05, 0) is 36.4 Å². The summed E-state index contributed by atoms with van der Waals surface area (Å²) >= 11 is 7.66. The Morgan fingerprint density at radius 1 is 0.900 bits per heavy atom. The van der Waals surface area contributed by atoms with Gasteiger partial charge in [-0.15, -0.1) is 11.8 Å². The standard InChI is InChI=1S/C23H21ClN2O3S/c24-19-6-4-5-17(15-19)22(27)25-10-12-26(13-11-25)23(28)21-18(9-14-29-21)16-30-20-7-2-1-3-8-20/h1-9,14-15H,10-13,16H2. The van der Waals surface area contributed by atoms with Crippen LogP contribution in [0.3, 0.4) is 0 Å². The molecule has 0 radical (unpaired) electrons. The molecular formula is C23H21ClN2O3S. The second kappa shape index (κ2) is 9.41. The fraction of sp³-hybridized carbons (Fsp3) is 0.217. The number of hydrogen-bond acceptors (Lipinski definition) is 4. The molecule has 2 aromatic carbocycles. The Bertz CT molecular complexity index is 1030. The summed E-state index contributed by atoms with van der Waals surface area (Å²) in [6.07, 6.45) is 1.56. The Morgan fingerprint density at radius 2 is 1.60 bits per heavy atom. The van der Waals surface area contributed by atoms with Gasteiger partial charge in [-0.1, -0.05) is 35.9 Å². The lowest BCUT2D eigenvalue weighted by atomic mass is 10.1. The van der Waals surface area contributed by atoms with Gasteiger partial charge in [-0.3, -0.25) is 9.59 Å². The molecular weight excluding hydrogens is 420 g/mol. The molecule has 0 N–H and O–H groups in total. The molecule has 1 aliphatic heterocycles. The van der Waals surface area contributed by atoms with Crippen LogP contribution in [0.4, 0.5) is 0 Å². The second-order valence-electron chi connectivity index (χ2n) is 6.97. The maximum Gasteiger partial charge on any atom is 0.289 e. The number of piperazine rings is 1.